The van der Waals surface area contributed by atoms with Crippen molar-refractivity contribution in [2.24, 2.45) is 0 Å². The van der Waals surface area contributed by atoms with Crippen molar-refractivity contribution >= 4 is 44.9 Å². The molecule has 0 atom stereocenters. The second-order valence-corrected chi connectivity index (χ2v) is 8.32. The molecule has 6 heteroatoms. The van der Waals surface area contributed by atoms with Crippen molar-refractivity contribution < 1.29 is 4.79 Å². The number of anilines is 1. The second kappa shape index (κ2) is 8.54. The maximum Gasteiger partial charge on any atom is 0.234 e. The molecule has 2 aromatic carbocycles. The van der Waals surface area contributed by atoms with Gasteiger partial charge in [0.2, 0.25) is 5.91 Å². The Morgan fingerprint density at radius 3 is 2.54 bits per heavy atom. The number of nitrogens with one attached hydrogen (secondary N) is 1. The Balaban J connectivity index is 1.39. The summed E-state index contributed by atoms with van der Waals surface area (Å²) in [5, 5.41) is 4.85. The average Bonchev–Trinajstić information content (AvgIpc) is 3.17. The first-order chi connectivity index (χ1) is 13.7. The molecule has 0 saturated heterocycles. The second-order valence-electron chi connectivity index (χ2n) is 6.24. The lowest BCUT2D eigenvalue weighted by molar-refractivity contribution is -0.113. The van der Waals surface area contributed by atoms with Gasteiger partial charge in [0.15, 0.2) is 0 Å². The summed E-state index contributed by atoms with van der Waals surface area (Å²) in [5.41, 5.74) is 3.08. The number of nitrogens with zero attached hydrogens (tertiary/aromatic N) is 2. The van der Waals surface area contributed by atoms with Crippen LogP contribution in [0.15, 0.2) is 72.0 Å². The maximum atomic E-state index is 12.4. The molecule has 4 nitrogen and oxygen atoms in total. The number of thioether (sulfide) groups is 1. The molecule has 0 bridgehead atoms. The number of aryl methyl sites for hydroxylation is 1. The standard InChI is InChI=1S/C22H19N3OS2/c1-2-18-12-19-21(23-14-24-22(19)28-18)27-13-20(26)25-17-10-8-16(9-11-17)15-6-4-3-5-7-15/h3-12,14H,2,13H2,1H3,(H,25,26). The van der Waals surface area contributed by atoms with E-state index in [2.05, 4.69) is 40.4 Å². The van der Waals surface area contributed by atoms with Crippen LogP contribution in [-0.2, 0) is 11.2 Å². The molecule has 0 aliphatic heterocycles. The van der Waals surface area contributed by atoms with Crippen LogP contribution in [0.1, 0.15) is 11.8 Å². The first-order valence-corrected chi connectivity index (χ1v) is 10.8. The highest BCUT2D eigenvalue weighted by Crippen LogP contribution is 2.31. The number of rotatable bonds is 6. The van der Waals surface area contributed by atoms with Crippen molar-refractivity contribution in [2.75, 3.05) is 11.1 Å². The third kappa shape index (κ3) is 4.24. The molecule has 140 valence electrons. The minimum absolute atomic E-state index is 0.0461. The van der Waals surface area contributed by atoms with E-state index in [1.807, 2.05) is 42.5 Å². The zero-order chi connectivity index (χ0) is 19.3. The average molecular weight is 406 g/mol. The van der Waals surface area contributed by atoms with Crippen molar-refractivity contribution in [3.05, 3.63) is 71.9 Å². The lowest BCUT2D eigenvalue weighted by Crippen LogP contribution is -2.14. The zero-order valence-electron chi connectivity index (χ0n) is 15.4. The fraction of sp³-hybridized carbons (Fsp3) is 0.136. The predicted molar refractivity (Wildman–Crippen MR) is 118 cm³/mol. The van der Waals surface area contributed by atoms with Crippen LogP contribution in [0.5, 0.6) is 0 Å². The van der Waals surface area contributed by atoms with E-state index < -0.39 is 0 Å². The van der Waals surface area contributed by atoms with Gasteiger partial charge in [-0.25, -0.2) is 9.97 Å². The topological polar surface area (TPSA) is 54.9 Å². The van der Waals surface area contributed by atoms with E-state index in [-0.39, 0.29) is 5.91 Å². The molecule has 1 N–H and O–H groups in total. The third-order valence-corrected chi connectivity index (χ3v) is 6.50. The first kappa shape index (κ1) is 18.7. The zero-order valence-corrected chi connectivity index (χ0v) is 17.0. The van der Waals surface area contributed by atoms with Gasteiger partial charge in [0.1, 0.15) is 16.2 Å². The van der Waals surface area contributed by atoms with Gasteiger partial charge in [-0.05, 0) is 35.7 Å². The number of hydrogen-bond acceptors (Lipinski definition) is 5. The Labute approximate surface area is 172 Å². The van der Waals surface area contributed by atoms with Crippen LogP contribution in [0.3, 0.4) is 0 Å². The molecular weight excluding hydrogens is 386 g/mol. The van der Waals surface area contributed by atoms with Gasteiger partial charge in [0, 0.05) is 16.0 Å². The number of aromatic nitrogens is 2. The molecule has 0 unspecified atom stereocenters. The highest BCUT2D eigenvalue weighted by atomic mass is 32.2. The van der Waals surface area contributed by atoms with E-state index >= 15 is 0 Å². The highest BCUT2D eigenvalue weighted by molar-refractivity contribution is 8.00. The van der Waals surface area contributed by atoms with Gasteiger partial charge in [0.25, 0.3) is 0 Å². The molecule has 0 radical (unpaired) electrons. The van der Waals surface area contributed by atoms with Crippen LogP contribution >= 0.6 is 23.1 Å². The Hall–Kier alpha value is -2.70. The summed E-state index contributed by atoms with van der Waals surface area (Å²) in [4.78, 5) is 23.3. The number of benzene rings is 2. The van der Waals surface area contributed by atoms with Crippen LogP contribution in [0, 0.1) is 0 Å². The Morgan fingerprint density at radius 2 is 1.79 bits per heavy atom. The van der Waals surface area contributed by atoms with E-state index in [0.29, 0.717) is 5.75 Å². The van der Waals surface area contributed by atoms with Crippen molar-refractivity contribution in [3.8, 4) is 11.1 Å². The summed E-state index contributed by atoms with van der Waals surface area (Å²) >= 11 is 3.13. The predicted octanol–water partition coefficient (Wildman–Crippen LogP) is 5.65. The number of thiophene rings is 1. The smallest absolute Gasteiger partial charge is 0.234 e. The molecule has 4 rings (SSSR count). The van der Waals surface area contributed by atoms with Crippen LogP contribution in [0.4, 0.5) is 5.69 Å². The number of hydrogen-bond donors (Lipinski definition) is 1. The molecule has 1 amide bonds. The van der Waals surface area contributed by atoms with E-state index in [1.54, 1.807) is 17.7 Å². The van der Waals surface area contributed by atoms with Gasteiger partial charge in [-0.2, -0.15) is 0 Å². The van der Waals surface area contributed by atoms with E-state index in [4.69, 9.17) is 0 Å². The maximum absolute atomic E-state index is 12.4. The Morgan fingerprint density at radius 1 is 1.04 bits per heavy atom. The van der Waals surface area contributed by atoms with Gasteiger partial charge in [-0.1, -0.05) is 61.2 Å². The Bertz CT molecular complexity index is 1090. The third-order valence-electron chi connectivity index (χ3n) is 4.31. The normalized spacial score (nSPS) is 10.9. The molecule has 0 aliphatic rings. The van der Waals surface area contributed by atoms with Gasteiger partial charge in [-0.3, -0.25) is 4.79 Å². The summed E-state index contributed by atoms with van der Waals surface area (Å²) in [6.45, 7) is 2.13. The summed E-state index contributed by atoms with van der Waals surface area (Å²) in [6, 6.07) is 20.2. The number of fused-ring (bicyclic) bond motifs is 1. The molecular formula is C22H19N3OS2. The first-order valence-electron chi connectivity index (χ1n) is 9.04. The van der Waals surface area contributed by atoms with Crippen molar-refractivity contribution in [3.63, 3.8) is 0 Å². The summed E-state index contributed by atoms with van der Waals surface area (Å²) < 4.78 is 0. The lowest BCUT2D eigenvalue weighted by Gasteiger charge is -2.07. The quantitative estimate of drug-likeness (QED) is 0.333. The molecule has 0 fully saturated rings. The highest BCUT2D eigenvalue weighted by Gasteiger charge is 2.11. The van der Waals surface area contributed by atoms with E-state index in [1.165, 1.54) is 16.6 Å². The Kier molecular flexibility index (Phi) is 5.69. The summed E-state index contributed by atoms with van der Waals surface area (Å²) in [5.74, 6) is 0.263. The summed E-state index contributed by atoms with van der Waals surface area (Å²) in [6.07, 6.45) is 2.55. The van der Waals surface area contributed by atoms with Crippen molar-refractivity contribution in [2.45, 2.75) is 18.4 Å². The fourth-order valence-electron chi connectivity index (χ4n) is 2.88. The van der Waals surface area contributed by atoms with Crippen LogP contribution < -0.4 is 5.32 Å². The van der Waals surface area contributed by atoms with Crippen LogP contribution in [0.2, 0.25) is 0 Å². The van der Waals surface area contributed by atoms with Gasteiger partial charge < -0.3 is 5.32 Å². The van der Waals surface area contributed by atoms with Gasteiger partial charge >= 0.3 is 0 Å². The van der Waals surface area contributed by atoms with E-state index in [9.17, 15) is 4.79 Å². The SMILES string of the molecule is CCc1cc2c(SCC(=O)Nc3ccc(-c4ccccc4)cc3)ncnc2s1. The number of carbonyl (C=O) groups is 1. The van der Waals surface area contributed by atoms with Crippen molar-refractivity contribution in [1.29, 1.82) is 0 Å². The summed E-state index contributed by atoms with van der Waals surface area (Å²) in [7, 11) is 0. The van der Waals surface area contributed by atoms with E-state index in [0.717, 1.165) is 38.5 Å². The minimum atomic E-state index is -0.0461. The molecule has 0 aliphatic carbocycles. The molecule has 4 aromatic rings. The molecule has 2 heterocycles. The monoisotopic (exact) mass is 405 g/mol. The van der Waals surface area contributed by atoms with Crippen molar-refractivity contribution in [1.82, 2.24) is 9.97 Å². The number of carbonyl (C=O) groups excluding carboxylic acids is 1. The molecule has 28 heavy (non-hydrogen) atoms. The van der Waals surface area contributed by atoms with Gasteiger partial charge in [-0.15, -0.1) is 11.3 Å². The lowest BCUT2D eigenvalue weighted by atomic mass is 10.1. The molecule has 2 aromatic heterocycles. The minimum Gasteiger partial charge on any atom is -0.325 e. The van der Waals surface area contributed by atoms with Crippen LogP contribution in [0.25, 0.3) is 21.3 Å². The molecule has 0 spiro atoms. The van der Waals surface area contributed by atoms with Crippen LogP contribution in [-0.4, -0.2) is 21.6 Å². The van der Waals surface area contributed by atoms with Gasteiger partial charge in [0.05, 0.1) is 5.75 Å². The molecule has 0 saturated carbocycles. The largest absolute Gasteiger partial charge is 0.325 e. The number of amides is 1. The fourth-order valence-corrected chi connectivity index (χ4v) is 4.65.